The van der Waals surface area contributed by atoms with E-state index < -0.39 is 11.6 Å². The molecule has 0 aliphatic heterocycles. The zero-order chi connectivity index (χ0) is 9.84. The van der Waals surface area contributed by atoms with Gasteiger partial charge in [-0.3, -0.25) is 0 Å². The van der Waals surface area contributed by atoms with Crippen LogP contribution >= 0.6 is 15.9 Å². The number of halogens is 3. The standard InChI is InChI=1S/C9H8BrF2N/c10-7-4-6(2-1-3-13)8(11)5-9(7)12/h1-2,4-5H,3,13H2/b2-1+. The van der Waals surface area contributed by atoms with E-state index in [1.807, 2.05) is 0 Å². The molecule has 0 fully saturated rings. The lowest BCUT2D eigenvalue weighted by atomic mass is 10.2. The van der Waals surface area contributed by atoms with Crippen LogP contribution in [-0.4, -0.2) is 6.54 Å². The van der Waals surface area contributed by atoms with Crippen LogP contribution in [0.3, 0.4) is 0 Å². The molecule has 0 saturated heterocycles. The molecule has 0 unspecified atom stereocenters. The smallest absolute Gasteiger partial charge is 0.140 e. The summed E-state index contributed by atoms with van der Waals surface area (Å²) in [7, 11) is 0. The number of rotatable bonds is 2. The molecule has 13 heavy (non-hydrogen) atoms. The van der Waals surface area contributed by atoms with E-state index in [9.17, 15) is 8.78 Å². The van der Waals surface area contributed by atoms with Crippen LogP contribution in [0.5, 0.6) is 0 Å². The van der Waals surface area contributed by atoms with Crippen molar-refractivity contribution in [1.82, 2.24) is 0 Å². The second-order valence-corrected chi connectivity index (χ2v) is 3.28. The van der Waals surface area contributed by atoms with Gasteiger partial charge >= 0.3 is 0 Å². The van der Waals surface area contributed by atoms with Crippen molar-refractivity contribution in [3.05, 3.63) is 39.9 Å². The van der Waals surface area contributed by atoms with Gasteiger partial charge in [-0.1, -0.05) is 12.2 Å². The van der Waals surface area contributed by atoms with Gasteiger partial charge in [0.05, 0.1) is 4.47 Å². The Labute approximate surface area is 83.4 Å². The van der Waals surface area contributed by atoms with E-state index in [4.69, 9.17) is 5.73 Å². The highest BCUT2D eigenvalue weighted by Crippen LogP contribution is 2.20. The van der Waals surface area contributed by atoms with E-state index >= 15 is 0 Å². The second kappa shape index (κ2) is 4.48. The quantitative estimate of drug-likeness (QED) is 0.800. The molecule has 0 atom stereocenters. The normalized spacial score (nSPS) is 11.1. The second-order valence-electron chi connectivity index (χ2n) is 2.43. The number of nitrogens with two attached hydrogens (primary N) is 1. The average molecular weight is 248 g/mol. The fraction of sp³-hybridized carbons (Fsp3) is 0.111. The van der Waals surface area contributed by atoms with Crippen LogP contribution in [0.15, 0.2) is 22.7 Å². The minimum absolute atomic E-state index is 0.241. The van der Waals surface area contributed by atoms with Crippen molar-refractivity contribution in [3.8, 4) is 0 Å². The zero-order valence-electron chi connectivity index (χ0n) is 6.73. The Kier molecular flexibility index (Phi) is 3.57. The Morgan fingerprint density at radius 2 is 2.00 bits per heavy atom. The van der Waals surface area contributed by atoms with Crippen LogP contribution < -0.4 is 5.73 Å². The number of hydrogen-bond acceptors (Lipinski definition) is 1. The molecule has 1 aromatic rings. The van der Waals surface area contributed by atoms with Crippen molar-refractivity contribution in [2.75, 3.05) is 6.54 Å². The lowest BCUT2D eigenvalue weighted by Crippen LogP contribution is -1.93. The lowest BCUT2D eigenvalue weighted by Gasteiger charge is -1.99. The van der Waals surface area contributed by atoms with E-state index in [0.717, 1.165) is 6.07 Å². The van der Waals surface area contributed by atoms with Crippen LogP contribution in [0.25, 0.3) is 6.08 Å². The summed E-state index contributed by atoms with van der Waals surface area (Å²) in [5.41, 5.74) is 5.52. The third-order valence-electron chi connectivity index (χ3n) is 1.47. The molecule has 0 bridgehead atoms. The van der Waals surface area contributed by atoms with Crippen molar-refractivity contribution < 1.29 is 8.78 Å². The molecule has 1 aromatic carbocycles. The van der Waals surface area contributed by atoms with Gasteiger partial charge in [-0.25, -0.2) is 8.78 Å². The Morgan fingerprint density at radius 3 is 2.62 bits per heavy atom. The van der Waals surface area contributed by atoms with Gasteiger partial charge in [-0.2, -0.15) is 0 Å². The highest BCUT2D eigenvalue weighted by atomic mass is 79.9. The van der Waals surface area contributed by atoms with E-state index in [1.165, 1.54) is 12.1 Å². The van der Waals surface area contributed by atoms with E-state index in [-0.39, 0.29) is 4.47 Å². The Morgan fingerprint density at radius 1 is 1.31 bits per heavy atom. The van der Waals surface area contributed by atoms with Gasteiger partial charge in [0.15, 0.2) is 0 Å². The first-order chi connectivity index (χ1) is 6.15. The molecule has 4 heteroatoms. The minimum atomic E-state index is -0.609. The van der Waals surface area contributed by atoms with Crippen molar-refractivity contribution in [2.45, 2.75) is 0 Å². The summed E-state index contributed by atoms with van der Waals surface area (Å²) in [6, 6.07) is 2.21. The predicted molar refractivity (Wildman–Crippen MR) is 52.1 cm³/mol. The Balaban J connectivity index is 3.08. The topological polar surface area (TPSA) is 26.0 Å². The molecule has 0 aliphatic carbocycles. The summed E-state index contributed by atoms with van der Waals surface area (Å²) < 4.78 is 26.0. The van der Waals surface area contributed by atoms with E-state index in [0.29, 0.717) is 12.1 Å². The number of hydrogen-bond donors (Lipinski definition) is 1. The van der Waals surface area contributed by atoms with Crippen molar-refractivity contribution >= 4 is 22.0 Å². The van der Waals surface area contributed by atoms with Gasteiger partial charge in [-0.15, -0.1) is 0 Å². The highest BCUT2D eigenvalue weighted by molar-refractivity contribution is 9.10. The fourth-order valence-corrected chi connectivity index (χ4v) is 1.22. The molecule has 1 rings (SSSR count). The van der Waals surface area contributed by atoms with Crippen molar-refractivity contribution in [1.29, 1.82) is 0 Å². The first-order valence-corrected chi connectivity index (χ1v) is 4.45. The summed E-state index contributed by atoms with van der Waals surface area (Å²) >= 11 is 2.97. The summed E-state index contributed by atoms with van der Waals surface area (Å²) in [5.74, 6) is -1.20. The maximum atomic E-state index is 13.0. The first-order valence-electron chi connectivity index (χ1n) is 3.66. The van der Waals surface area contributed by atoms with Crippen LogP contribution in [0.4, 0.5) is 8.78 Å². The summed E-state index contributed by atoms with van der Waals surface area (Å²) in [5, 5.41) is 0. The maximum absolute atomic E-state index is 13.0. The molecule has 0 aliphatic rings. The van der Waals surface area contributed by atoms with Gasteiger partial charge < -0.3 is 5.73 Å². The summed E-state index contributed by atoms with van der Waals surface area (Å²) in [4.78, 5) is 0. The molecule has 0 aromatic heterocycles. The van der Waals surface area contributed by atoms with Crippen LogP contribution in [-0.2, 0) is 0 Å². The molecule has 0 heterocycles. The van der Waals surface area contributed by atoms with Crippen molar-refractivity contribution in [3.63, 3.8) is 0 Å². The van der Waals surface area contributed by atoms with Crippen LogP contribution in [0.1, 0.15) is 5.56 Å². The highest BCUT2D eigenvalue weighted by Gasteiger charge is 2.04. The third kappa shape index (κ3) is 2.60. The Bertz CT molecular complexity index is 337. The maximum Gasteiger partial charge on any atom is 0.140 e. The number of benzene rings is 1. The molecule has 2 N–H and O–H groups in total. The Hall–Kier alpha value is -0.740. The van der Waals surface area contributed by atoms with Gasteiger partial charge in [0.25, 0.3) is 0 Å². The van der Waals surface area contributed by atoms with E-state index in [1.54, 1.807) is 6.08 Å². The average Bonchev–Trinajstić information content (AvgIpc) is 2.09. The monoisotopic (exact) mass is 247 g/mol. The minimum Gasteiger partial charge on any atom is -0.327 e. The SMILES string of the molecule is NC/C=C/c1cc(Br)c(F)cc1F. The van der Waals surface area contributed by atoms with Crippen molar-refractivity contribution in [2.24, 2.45) is 5.73 Å². The van der Waals surface area contributed by atoms with Gasteiger partial charge in [0.2, 0.25) is 0 Å². The fourth-order valence-electron chi connectivity index (χ4n) is 0.861. The molecule has 0 saturated carbocycles. The molecular weight excluding hydrogens is 240 g/mol. The van der Waals surface area contributed by atoms with E-state index in [2.05, 4.69) is 15.9 Å². The summed E-state index contributed by atoms with van der Waals surface area (Å²) in [6.45, 7) is 0.328. The van der Waals surface area contributed by atoms with Crippen LogP contribution in [0.2, 0.25) is 0 Å². The van der Waals surface area contributed by atoms with Crippen LogP contribution in [0, 0.1) is 11.6 Å². The molecule has 0 radical (unpaired) electrons. The molecular formula is C9H8BrF2N. The third-order valence-corrected chi connectivity index (χ3v) is 2.08. The molecule has 70 valence electrons. The van der Waals surface area contributed by atoms with Gasteiger partial charge in [0, 0.05) is 18.2 Å². The van der Waals surface area contributed by atoms with Gasteiger partial charge in [-0.05, 0) is 22.0 Å². The molecule has 1 nitrogen and oxygen atoms in total. The van der Waals surface area contributed by atoms with Gasteiger partial charge in [0.1, 0.15) is 11.6 Å². The molecule has 0 amide bonds. The molecule has 0 spiro atoms. The predicted octanol–water partition coefficient (Wildman–Crippen LogP) is 2.70. The summed E-state index contributed by atoms with van der Waals surface area (Å²) in [6.07, 6.45) is 3.11. The lowest BCUT2D eigenvalue weighted by molar-refractivity contribution is 0.577. The first kappa shape index (κ1) is 10.3. The largest absolute Gasteiger partial charge is 0.327 e. The zero-order valence-corrected chi connectivity index (χ0v) is 8.31.